The maximum atomic E-state index is 10.5. The Balaban J connectivity index is 0.000000492. The van der Waals surface area contributed by atoms with Crippen molar-refractivity contribution in [3.63, 3.8) is 0 Å². The van der Waals surface area contributed by atoms with Gasteiger partial charge in [-0.2, -0.15) is 0 Å². The summed E-state index contributed by atoms with van der Waals surface area (Å²) < 4.78 is 0. The number of aliphatic hydroxyl groups is 2. The van der Waals surface area contributed by atoms with Gasteiger partial charge in [-0.15, -0.1) is 0 Å². The van der Waals surface area contributed by atoms with E-state index in [1.54, 1.807) is 6.92 Å². The molecule has 0 aromatic heterocycles. The maximum absolute atomic E-state index is 10.5. The second kappa shape index (κ2) is 6.94. The third-order valence-corrected chi connectivity index (χ3v) is 2.67. The van der Waals surface area contributed by atoms with E-state index in [2.05, 4.69) is 0 Å². The van der Waals surface area contributed by atoms with E-state index >= 15 is 0 Å². The molecule has 2 nitrogen and oxygen atoms in total. The van der Waals surface area contributed by atoms with Gasteiger partial charge >= 0.3 is 0 Å². The molecule has 0 aliphatic carbocycles. The Labute approximate surface area is 109 Å². The van der Waals surface area contributed by atoms with Crippen molar-refractivity contribution in [2.24, 2.45) is 0 Å². The van der Waals surface area contributed by atoms with Crippen LogP contribution in [0.3, 0.4) is 0 Å². The molecule has 0 unspecified atom stereocenters. The van der Waals surface area contributed by atoms with Crippen LogP contribution in [0.1, 0.15) is 25.0 Å². The molecule has 0 saturated heterocycles. The molecule has 0 bridgehead atoms. The SMILES string of the molecule is CC(O)(c1ccccc1)c1ccccc1.CCO. The fourth-order valence-corrected chi connectivity index (χ4v) is 1.69. The highest BCUT2D eigenvalue weighted by molar-refractivity contribution is 5.34. The minimum absolute atomic E-state index is 0.250. The minimum atomic E-state index is -0.914. The molecule has 0 atom stereocenters. The van der Waals surface area contributed by atoms with Crippen LogP contribution in [-0.4, -0.2) is 16.8 Å². The number of hydrogen-bond donors (Lipinski definition) is 2. The summed E-state index contributed by atoms with van der Waals surface area (Å²) in [4.78, 5) is 0. The third kappa shape index (κ3) is 3.69. The van der Waals surface area contributed by atoms with Gasteiger partial charge in [0.2, 0.25) is 0 Å². The molecular weight excluding hydrogens is 224 g/mol. The monoisotopic (exact) mass is 244 g/mol. The van der Waals surface area contributed by atoms with Crippen molar-refractivity contribution >= 4 is 0 Å². The topological polar surface area (TPSA) is 40.5 Å². The van der Waals surface area contributed by atoms with Gasteiger partial charge in [-0.25, -0.2) is 0 Å². The van der Waals surface area contributed by atoms with Gasteiger partial charge in [0, 0.05) is 6.61 Å². The number of rotatable bonds is 2. The minimum Gasteiger partial charge on any atom is -0.397 e. The molecule has 0 radical (unpaired) electrons. The Morgan fingerprint density at radius 2 is 1.11 bits per heavy atom. The van der Waals surface area contributed by atoms with Crippen LogP contribution in [-0.2, 0) is 5.60 Å². The highest BCUT2D eigenvalue weighted by Crippen LogP contribution is 2.28. The van der Waals surface area contributed by atoms with Crippen LogP contribution in [0.25, 0.3) is 0 Å². The molecule has 2 aromatic carbocycles. The molecule has 0 aliphatic heterocycles. The zero-order valence-electron chi connectivity index (χ0n) is 10.9. The van der Waals surface area contributed by atoms with Crippen molar-refractivity contribution in [2.45, 2.75) is 19.4 Å². The molecule has 2 heteroatoms. The van der Waals surface area contributed by atoms with Crippen molar-refractivity contribution < 1.29 is 10.2 Å². The first-order valence-electron chi connectivity index (χ1n) is 6.07. The van der Waals surface area contributed by atoms with E-state index in [-0.39, 0.29) is 6.61 Å². The van der Waals surface area contributed by atoms with Crippen LogP contribution in [0.2, 0.25) is 0 Å². The van der Waals surface area contributed by atoms with Crippen LogP contribution in [0.5, 0.6) is 0 Å². The van der Waals surface area contributed by atoms with Crippen LogP contribution < -0.4 is 0 Å². The van der Waals surface area contributed by atoms with Crippen LogP contribution in [0.4, 0.5) is 0 Å². The summed E-state index contributed by atoms with van der Waals surface area (Å²) in [6.45, 7) is 3.75. The van der Waals surface area contributed by atoms with E-state index in [1.807, 2.05) is 67.6 Å². The largest absolute Gasteiger partial charge is 0.397 e. The van der Waals surface area contributed by atoms with E-state index in [0.717, 1.165) is 11.1 Å². The van der Waals surface area contributed by atoms with E-state index < -0.39 is 5.60 Å². The zero-order valence-corrected chi connectivity index (χ0v) is 10.9. The number of benzene rings is 2. The molecule has 0 aliphatic rings. The molecule has 2 aromatic rings. The standard InChI is InChI=1S/C14H14O.C2H6O/c1-14(15,12-8-4-2-5-9-12)13-10-6-3-7-11-13;1-2-3/h2-11,15H,1H3;3H,2H2,1H3. The molecule has 0 amide bonds. The first kappa shape index (κ1) is 14.4. The van der Waals surface area contributed by atoms with Crippen molar-refractivity contribution in [3.8, 4) is 0 Å². The van der Waals surface area contributed by atoms with Crippen LogP contribution in [0, 0.1) is 0 Å². The molecule has 0 saturated carbocycles. The first-order valence-corrected chi connectivity index (χ1v) is 6.07. The third-order valence-electron chi connectivity index (χ3n) is 2.67. The van der Waals surface area contributed by atoms with E-state index in [4.69, 9.17) is 5.11 Å². The van der Waals surface area contributed by atoms with Crippen molar-refractivity contribution in [2.75, 3.05) is 6.61 Å². The lowest BCUT2D eigenvalue weighted by molar-refractivity contribution is 0.102. The van der Waals surface area contributed by atoms with E-state index in [0.29, 0.717) is 0 Å². The summed E-state index contributed by atoms with van der Waals surface area (Å²) in [7, 11) is 0. The zero-order chi connectivity index (χ0) is 13.4. The van der Waals surface area contributed by atoms with Crippen molar-refractivity contribution in [1.82, 2.24) is 0 Å². The van der Waals surface area contributed by atoms with Crippen molar-refractivity contribution in [1.29, 1.82) is 0 Å². The van der Waals surface area contributed by atoms with E-state index in [1.165, 1.54) is 0 Å². The Kier molecular flexibility index (Phi) is 5.56. The van der Waals surface area contributed by atoms with Gasteiger partial charge in [0.1, 0.15) is 5.60 Å². The van der Waals surface area contributed by atoms with Gasteiger partial charge < -0.3 is 10.2 Å². The predicted octanol–water partition coefficient (Wildman–Crippen LogP) is 2.94. The molecular formula is C16H20O2. The fraction of sp³-hybridized carbons (Fsp3) is 0.250. The van der Waals surface area contributed by atoms with Gasteiger partial charge in [0.05, 0.1) is 0 Å². The molecule has 2 N–H and O–H groups in total. The lowest BCUT2D eigenvalue weighted by atomic mass is 9.88. The highest BCUT2D eigenvalue weighted by Gasteiger charge is 2.24. The summed E-state index contributed by atoms with van der Waals surface area (Å²) in [5, 5.41) is 18.0. The van der Waals surface area contributed by atoms with Gasteiger partial charge in [-0.05, 0) is 25.0 Å². The van der Waals surface area contributed by atoms with Gasteiger partial charge in [-0.1, -0.05) is 60.7 Å². The Bertz CT molecular complexity index is 394. The molecule has 0 spiro atoms. The summed E-state index contributed by atoms with van der Waals surface area (Å²) in [5.41, 5.74) is 0.912. The normalized spacial score (nSPS) is 10.4. The molecule has 2 rings (SSSR count). The summed E-state index contributed by atoms with van der Waals surface area (Å²) in [6.07, 6.45) is 0. The predicted molar refractivity (Wildman–Crippen MR) is 74.3 cm³/mol. The lowest BCUT2D eigenvalue weighted by Crippen LogP contribution is -2.22. The van der Waals surface area contributed by atoms with E-state index in [9.17, 15) is 5.11 Å². The Morgan fingerprint density at radius 1 is 0.833 bits per heavy atom. The van der Waals surface area contributed by atoms with Crippen LogP contribution >= 0.6 is 0 Å². The quantitative estimate of drug-likeness (QED) is 0.852. The highest BCUT2D eigenvalue weighted by atomic mass is 16.3. The Hall–Kier alpha value is -1.64. The maximum Gasteiger partial charge on any atom is 0.112 e. The van der Waals surface area contributed by atoms with Gasteiger partial charge in [-0.3, -0.25) is 0 Å². The molecule has 18 heavy (non-hydrogen) atoms. The average Bonchev–Trinajstić information content (AvgIpc) is 2.42. The van der Waals surface area contributed by atoms with Gasteiger partial charge in [0.25, 0.3) is 0 Å². The number of aliphatic hydroxyl groups excluding tert-OH is 1. The van der Waals surface area contributed by atoms with Gasteiger partial charge in [0.15, 0.2) is 0 Å². The average molecular weight is 244 g/mol. The lowest BCUT2D eigenvalue weighted by Gasteiger charge is -2.24. The molecule has 96 valence electrons. The van der Waals surface area contributed by atoms with Crippen molar-refractivity contribution in [3.05, 3.63) is 71.8 Å². The first-order chi connectivity index (χ1) is 8.62. The van der Waals surface area contributed by atoms with Crippen LogP contribution in [0.15, 0.2) is 60.7 Å². The fourth-order valence-electron chi connectivity index (χ4n) is 1.69. The molecule has 0 fully saturated rings. The number of hydrogen-bond acceptors (Lipinski definition) is 2. The molecule has 0 heterocycles. The second-order valence-electron chi connectivity index (χ2n) is 4.12. The summed E-state index contributed by atoms with van der Waals surface area (Å²) in [6, 6.07) is 19.4. The summed E-state index contributed by atoms with van der Waals surface area (Å²) >= 11 is 0. The Morgan fingerprint density at radius 3 is 1.39 bits per heavy atom. The summed E-state index contributed by atoms with van der Waals surface area (Å²) in [5.74, 6) is 0. The smallest absolute Gasteiger partial charge is 0.112 e. The second-order valence-corrected chi connectivity index (χ2v) is 4.12.